The van der Waals surface area contributed by atoms with Crippen molar-refractivity contribution in [1.82, 2.24) is 19.9 Å². The van der Waals surface area contributed by atoms with Gasteiger partial charge in [-0.05, 0) is 36.2 Å². The Balaban J connectivity index is 1.60. The summed E-state index contributed by atoms with van der Waals surface area (Å²) in [5.74, 6) is 0.576. The van der Waals surface area contributed by atoms with Crippen molar-refractivity contribution >= 4 is 23.2 Å². The van der Waals surface area contributed by atoms with Gasteiger partial charge in [0.2, 0.25) is 0 Å². The van der Waals surface area contributed by atoms with Crippen molar-refractivity contribution in [3.05, 3.63) is 79.9 Å². The molecule has 0 saturated heterocycles. The average molecular weight is 387 g/mol. The van der Waals surface area contributed by atoms with Gasteiger partial charge in [0, 0.05) is 43.2 Å². The van der Waals surface area contributed by atoms with E-state index in [1.165, 1.54) is 0 Å². The minimum absolute atomic E-state index is 0.0593. The molecule has 2 aromatic heterocycles. The maximum atomic E-state index is 12.4. The van der Waals surface area contributed by atoms with E-state index < -0.39 is 0 Å². The summed E-state index contributed by atoms with van der Waals surface area (Å²) in [4.78, 5) is 26.3. The van der Waals surface area contributed by atoms with Crippen molar-refractivity contribution in [3.63, 3.8) is 0 Å². The molecule has 0 fully saturated rings. The van der Waals surface area contributed by atoms with Crippen molar-refractivity contribution in [2.45, 2.75) is 19.5 Å². The Morgan fingerprint density at radius 2 is 1.92 bits per heavy atom. The number of aromatic nitrogens is 3. The van der Waals surface area contributed by atoms with Crippen LogP contribution in [0.25, 0.3) is 11.4 Å². The monoisotopic (exact) mass is 386 g/mol. The van der Waals surface area contributed by atoms with Gasteiger partial charge in [-0.1, -0.05) is 29.3 Å². The number of hydrogen-bond acceptors (Lipinski definition) is 4. The minimum Gasteiger partial charge on any atom is -0.306 e. The van der Waals surface area contributed by atoms with Gasteiger partial charge in [0.05, 0.1) is 15.7 Å². The summed E-state index contributed by atoms with van der Waals surface area (Å²) < 4.78 is 0. The van der Waals surface area contributed by atoms with E-state index in [-0.39, 0.29) is 5.56 Å². The maximum Gasteiger partial charge on any atom is 0.254 e. The Hall–Kier alpha value is -2.21. The SMILES string of the molecule is O=c1[nH]c(-c2ccncc2)nc2c1CCN(Cc1ccc(Cl)c(Cl)c1)C2. The third kappa shape index (κ3) is 3.51. The van der Waals surface area contributed by atoms with Gasteiger partial charge in [0.1, 0.15) is 5.82 Å². The lowest BCUT2D eigenvalue weighted by molar-refractivity contribution is 0.240. The molecule has 0 saturated carbocycles. The van der Waals surface area contributed by atoms with Gasteiger partial charge in [-0.15, -0.1) is 0 Å². The summed E-state index contributed by atoms with van der Waals surface area (Å²) in [5.41, 5.74) is 3.47. The van der Waals surface area contributed by atoms with Crippen molar-refractivity contribution in [3.8, 4) is 11.4 Å². The third-order valence-electron chi connectivity index (χ3n) is 4.50. The number of fused-ring (bicyclic) bond motifs is 1. The van der Waals surface area contributed by atoms with E-state index in [1.54, 1.807) is 12.4 Å². The predicted molar refractivity (Wildman–Crippen MR) is 102 cm³/mol. The van der Waals surface area contributed by atoms with E-state index in [1.807, 2.05) is 30.3 Å². The second-order valence-electron chi connectivity index (χ2n) is 6.28. The van der Waals surface area contributed by atoms with Crippen molar-refractivity contribution in [2.24, 2.45) is 0 Å². The van der Waals surface area contributed by atoms with E-state index in [0.717, 1.165) is 35.5 Å². The Morgan fingerprint density at radius 1 is 1.12 bits per heavy atom. The number of halogens is 2. The molecule has 5 nitrogen and oxygen atoms in total. The van der Waals surface area contributed by atoms with Gasteiger partial charge in [-0.25, -0.2) is 4.98 Å². The first kappa shape index (κ1) is 17.2. The van der Waals surface area contributed by atoms with Crippen LogP contribution in [0.1, 0.15) is 16.8 Å². The van der Waals surface area contributed by atoms with Gasteiger partial charge < -0.3 is 4.98 Å². The van der Waals surface area contributed by atoms with E-state index in [0.29, 0.717) is 28.8 Å². The molecule has 4 rings (SSSR count). The molecular weight excluding hydrogens is 371 g/mol. The number of benzene rings is 1. The number of nitrogens with one attached hydrogen (secondary N) is 1. The second kappa shape index (κ2) is 7.19. The van der Waals surface area contributed by atoms with Crippen LogP contribution in [0.3, 0.4) is 0 Å². The predicted octanol–water partition coefficient (Wildman–Crippen LogP) is 3.70. The number of pyridine rings is 1. The van der Waals surface area contributed by atoms with Crippen LogP contribution >= 0.6 is 23.2 Å². The summed E-state index contributed by atoms with van der Waals surface area (Å²) in [6.07, 6.45) is 4.05. The van der Waals surface area contributed by atoms with Crippen LogP contribution in [0.15, 0.2) is 47.5 Å². The first-order valence-electron chi connectivity index (χ1n) is 8.29. The normalized spacial score (nSPS) is 14.2. The largest absolute Gasteiger partial charge is 0.306 e. The van der Waals surface area contributed by atoms with Crippen molar-refractivity contribution < 1.29 is 0 Å². The molecule has 3 aromatic rings. The minimum atomic E-state index is -0.0593. The topological polar surface area (TPSA) is 61.9 Å². The number of aromatic amines is 1. The number of nitrogens with zero attached hydrogens (tertiary/aromatic N) is 3. The highest BCUT2D eigenvalue weighted by Crippen LogP contribution is 2.25. The lowest BCUT2D eigenvalue weighted by atomic mass is 10.1. The average Bonchev–Trinajstić information content (AvgIpc) is 2.65. The molecular formula is C19H16Cl2N4O. The number of H-pyrrole nitrogens is 1. The van der Waals surface area contributed by atoms with Crippen LogP contribution in [-0.2, 0) is 19.5 Å². The zero-order chi connectivity index (χ0) is 18.1. The highest BCUT2D eigenvalue weighted by atomic mass is 35.5. The summed E-state index contributed by atoms with van der Waals surface area (Å²) >= 11 is 12.1. The van der Waals surface area contributed by atoms with Crippen LogP contribution in [-0.4, -0.2) is 26.4 Å². The first-order chi connectivity index (χ1) is 12.6. The van der Waals surface area contributed by atoms with Crippen molar-refractivity contribution in [1.29, 1.82) is 0 Å². The van der Waals surface area contributed by atoms with Crippen LogP contribution < -0.4 is 5.56 Å². The van der Waals surface area contributed by atoms with Gasteiger partial charge in [0.25, 0.3) is 5.56 Å². The van der Waals surface area contributed by atoms with Crippen LogP contribution in [0, 0.1) is 0 Å². The molecule has 1 N–H and O–H groups in total. The molecule has 0 bridgehead atoms. The van der Waals surface area contributed by atoms with E-state index in [9.17, 15) is 4.79 Å². The molecule has 1 aliphatic rings. The summed E-state index contributed by atoms with van der Waals surface area (Å²) in [5, 5.41) is 1.10. The molecule has 0 amide bonds. The highest BCUT2D eigenvalue weighted by Gasteiger charge is 2.21. The number of rotatable bonds is 3. The Morgan fingerprint density at radius 3 is 2.69 bits per heavy atom. The Kier molecular flexibility index (Phi) is 4.76. The molecule has 1 aromatic carbocycles. The van der Waals surface area contributed by atoms with Gasteiger partial charge in [-0.3, -0.25) is 14.7 Å². The molecule has 0 atom stereocenters. The summed E-state index contributed by atoms with van der Waals surface area (Å²) in [6, 6.07) is 9.33. The molecule has 0 spiro atoms. The molecule has 3 heterocycles. The van der Waals surface area contributed by atoms with Crippen LogP contribution in [0.4, 0.5) is 0 Å². The van der Waals surface area contributed by atoms with Crippen LogP contribution in [0.5, 0.6) is 0 Å². The second-order valence-corrected chi connectivity index (χ2v) is 7.10. The fourth-order valence-electron chi connectivity index (χ4n) is 3.17. The fraction of sp³-hybridized carbons (Fsp3) is 0.211. The standard InChI is InChI=1S/C19H16Cl2N4O/c20-15-2-1-12(9-16(15)21)10-25-8-5-14-17(11-25)23-18(24-19(14)26)13-3-6-22-7-4-13/h1-4,6-7,9H,5,8,10-11H2,(H,23,24,26). The summed E-state index contributed by atoms with van der Waals surface area (Å²) in [6.45, 7) is 2.15. The molecule has 26 heavy (non-hydrogen) atoms. The molecule has 132 valence electrons. The maximum absolute atomic E-state index is 12.4. The highest BCUT2D eigenvalue weighted by molar-refractivity contribution is 6.42. The Labute approximate surface area is 160 Å². The van der Waals surface area contributed by atoms with Gasteiger partial charge in [-0.2, -0.15) is 0 Å². The first-order valence-corrected chi connectivity index (χ1v) is 9.04. The summed E-state index contributed by atoms with van der Waals surface area (Å²) in [7, 11) is 0. The smallest absolute Gasteiger partial charge is 0.254 e. The van der Waals surface area contributed by atoms with E-state index in [4.69, 9.17) is 28.2 Å². The molecule has 0 radical (unpaired) electrons. The van der Waals surface area contributed by atoms with Gasteiger partial charge >= 0.3 is 0 Å². The molecule has 7 heteroatoms. The molecule has 0 aliphatic carbocycles. The van der Waals surface area contributed by atoms with E-state index >= 15 is 0 Å². The lowest BCUT2D eigenvalue weighted by Crippen LogP contribution is -2.35. The zero-order valence-electron chi connectivity index (χ0n) is 13.9. The number of hydrogen-bond donors (Lipinski definition) is 1. The quantitative estimate of drug-likeness (QED) is 0.745. The van der Waals surface area contributed by atoms with Crippen LogP contribution in [0.2, 0.25) is 10.0 Å². The molecule has 0 unspecified atom stereocenters. The van der Waals surface area contributed by atoms with Crippen molar-refractivity contribution in [2.75, 3.05) is 6.54 Å². The van der Waals surface area contributed by atoms with E-state index in [2.05, 4.69) is 14.9 Å². The zero-order valence-corrected chi connectivity index (χ0v) is 15.4. The van der Waals surface area contributed by atoms with Gasteiger partial charge in [0.15, 0.2) is 0 Å². The fourth-order valence-corrected chi connectivity index (χ4v) is 3.49. The molecule has 1 aliphatic heterocycles. The lowest BCUT2D eigenvalue weighted by Gasteiger charge is -2.27. The Bertz CT molecular complexity index is 1000. The third-order valence-corrected chi connectivity index (χ3v) is 5.24.